The minimum atomic E-state index is -0.265. The molecule has 29 heavy (non-hydrogen) atoms. The Morgan fingerprint density at radius 3 is 2.14 bits per heavy atom. The second-order valence-corrected chi connectivity index (χ2v) is 7.91. The number of fused-ring (bicyclic) bond motifs is 1. The van der Waals surface area contributed by atoms with Crippen molar-refractivity contribution in [1.82, 2.24) is 10.2 Å². The Hall–Kier alpha value is -2.95. The van der Waals surface area contributed by atoms with Gasteiger partial charge >= 0.3 is 0 Å². The van der Waals surface area contributed by atoms with Crippen molar-refractivity contribution < 1.29 is 14.4 Å². The number of hydrogen-bond donors (Lipinski definition) is 1. The number of imide groups is 1. The van der Waals surface area contributed by atoms with Crippen LogP contribution in [0.1, 0.15) is 70.8 Å². The second kappa shape index (κ2) is 8.60. The Bertz CT molecular complexity index is 868. The average molecular weight is 390 g/mol. The summed E-state index contributed by atoms with van der Waals surface area (Å²) >= 11 is 0. The Morgan fingerprint density at radius 1 is 0.931 bits per heavy atom. The summed E-state index contributed by atoms with van der Waals surface area (Å²) in [6.45, 7) is 0.263. The zero-order valence-corrected chi connectivity index (χ0v) is 16.5. The molecule has 2 aromatic carbocycles. The summed E-state index contributed by atoms with van der Waals surface area (Å²) in [6.07, 6.45) is 5.45. The molecule has 1 aliphatic heterocycles. The van der Waals surface area contributed by atoms with Crippen LogP contribution in [-0.4, -0.2) is 29.2 Å². The smallest absolute Gasteiger partial charge is 0.261 e. The Labute approximate surface area is 171 Å². The Kier molecular flexibility index (Phi) is 5.74. The molecule has 5 heteroatoms. The molecule has 1 atom stereocenters. The number of benzene rings is 2. The van der Waals surface area contributed by atoms with E-state index in [9.17, 15) is 14.4 Å². The maximum Gasteiger partial charge on any atom is 0.261 e. The van der Waals surface area contributed by atoms with Crippen LogP contribution in [-0.2, 0) is 4.79 Å². The van der Waals surface area contributed by atoms with Crippen LogP contribution in [0.2, 0.25) is 0 Å². The van der Waals surface area contributed by atoms with Crippen molar-refractivity contribution in [3.8, 4) is 0 Å². The van der Waals surface area contributed by atoms with E-state index in [0.717, 1.165) is 18.4 Å². The number of rotatable bonds is 7. The summed E-state index contributed by atoms with van der Waals surface area (Å²) < 4.78 is 0. The lowest BCUT2D eigenvalue weighted by molar-refractivity contribution is -0.122. The van der Waals surface area contributed by atoms with Gasteiger partial charge in [0.05, 0.1) is 17.2 Å². The molecule has 1 N–H and O–H groups in total. The molecule has 2 aromatic rings. The fourth-order valence-corrected chi connectivity index (χ4v) is 4.51. The molecule has 0 radical (unpaired) electrons. The number of nitrogens with zero attached hydrogens (tertiary/aromatic N) is 1. The summed E-state index contributed by atoms with van der Waals surface area (Å²) in [4.78, 5) is 38.7. The predicted octanol–water partition coefficient (Wildman–Crippen LogP) is 4.11. The predicted molar refractivity (Wildman–Crippen MR) is 110 cm³/mol. The van der Waals surface area contributed by atoms with Crippen molar-refractivity contribution in [2.24, 2.45) is 5.92 Å². The van der Waals surface area contributed by atoms with Crippen molar-refractivity contribution in [1.29, 1.82) is 0 Å². The highest BCUT2D eigenvalue weighted by atomic mass is 16.2. The zero-order valence-electron chi connectivity index (χ0n) is 16.5. The van der Waals surface area contributed by atoms with E-state index in [1.165, 1.54) is 17.7 Å². The lowest BCUT2D eigenvalue weighted by atomic mass is 9.91. The molecule has 5 nitrogen and oxygen atoms in total. The van der Waals surface area contributed by atoms with Crippen LogP contribution in [0, 0.1) is 5.92 Å². The largest absolute Gasteiger partial charge is 0.349 e. The van der Waals surface area contributed by atoms with Crippen LogP contribution < -0.4 is 5.32 Å². The maximum absolute atomic E-state index is 12.6. The van der Waals surface area contributed by atoms with Gasteiger partial charge in [-0.05, 0) is 42.9 Å². The minimum Gasteiger partial charge on any atom is -0.349 e. The number of nitrogens with one attached hydrogen (secondary N) is 1. The molecule has 1 heterocycles. The molecule has 0 aromatic heterocycles. The van der Waals surface area contributed by atoms with Crippen LogP contribution >= 0.6 is 0 Å². The number of carbonyl (C=O) groups is 3. The van der Waals surface area contributed by atoms with Crippen molar-refractivity contribution >= 4 is 17.7 Å². The second-order valence-electron chi connectivity index (χ2n) is 7.91. The van der Waals surface area contributed by atoms with Gasteiger partial charge < -0.3 is 5.32 Å². The van der Waals surface area contributed by atoms with Gasteiger partial charge in [-0.25, -0.2) is 0 Å². The van der Waals surface area contributed by atoms with Crippen molar-refractivity contribution in [3.63, 3.8) is 0 Å². The third-order valence-corrected chi connectivity index (χ3v) is 6.01. The first-order valence-corrected chi connectivity index (χ1v) is 10.4. The van der Waals surface area contributed by atoms with Crippen LogP contribution in [0.5, 0.6) is 0 Å². The van der Waals surface area contributed by atoms with Gasteiger partial charge in [0.2, 0.25) is 5.91 Å². The molecule has 2 aliphatic rings. The van der Waals surface area contributed by atoms with E-state index in [1.54, 1.807) is 24.3 Å². The number of amides is 3. The highest BCUT2D eigenvalue weighted by Gasteiger charge is 2.34. The lowest BCUT2D eigenvalue weighted by Gasteiger charge is -2.25. The monoisotopic (exact) mass is 390 g/mol. The molecule has 0 saturated heterocycles. The maximum atomic E-state index is 12.6. The minimum absolute atomic E-state index is 0.0256. The van der Waals surface area contributed by atoms with Crippen molar-refractivity contribution in [2.45, 2.75) is 44.6 Å². The van der Waals surface area contributed by atoms with Gasteiger partial charge in [0.1, 0.15) is 0 Å². The fourth-order valence-electron chi connectivity index (χ4n) is 4.51. The average Bonchev–Trinajstić information content (AvgIpc) is 3.36. The molecule has 1 fully saturated rings. The van der Waals surface area contributed by atoms with Gasteiger partial charge in [-0.2, -0.15) is 0 Å². The van der Waals surface area contributed by atoms with E-state index in [1.807, 2.05) is 18.2 Å². The van der Waals surface area contributed by atoms with Gasteiger partial charge in [-0.1, -0.05) is 55.3 Å². The highest BCUT2D eigenvalue weighted by Crippen LogP contribution is 2.35. The van der Waals surface area contributed by atoms with E-state index >= 15 is 0 Å². The SMILES string of the molecule is O=C(CCCN1C(=O)c2ccccc2C1=O)N[C@H](c1ccccc1)C1CCCC1. The van der Waals surface area contributed by atoms with Crippen LogP contribution in [0.3, 0.4) is 0 Å². The van der Waals surface area contributed by atoms with Gasteiger partial charge in [0.15, 0.2) is 0 Å². The zero-order chi connectivity index (χ0) is 20.2. The van der Waals surface area contributed by atoms with Crippen molar-refractivity contribution in [3.05, 3.63) is 71.3 Å². The van der Waals surface area contributed by atoms with Crippen LogP contribution in [0.4, 0.5) is 0 Å². The summed E-state index contributed by atoms with van der Waals surface area (Å²) in [5.41, 5.74) is 2.05. The number of carbonyl (C=O) groups excluding carboxylic acids is 3. The van der Waals surface area contributed by atoms with E-state index in [-0.39, 0.29) is 30.3 Å². The lowest BCUT2D eigenvalue weighted by Crippen LogP contribution is -2.34. The summed E-state index contributed by atoms with van der Waals surface area (Å²) in [6, 6.07) is 17.0. The Balaban J connectivity index is 1.34. The standard InChI is InChI=1S/C24H26N2O3/c27-21(25-22(18-11-4-5-12-18)17-9-2-1-3-10-17)15-8-16-26-23(28)19-13-6-7-14-20(19)24(26)29/h1-3,6-7,9-10,13-14,18,22H,4-5,8,11-12,15-16H2,(H,25,27)/t22-/m1/s1. The first kappa shape index (κ1) is 19.4. The number of hydrogen-bond acceptors (Lipinski definition) is 3. The van der Waals surface area contributed by atoms with Crippen molar-refractivity contribution in [2.75, 3.05) is 6.54 Å². The van der Waals surface area contributed by atoms with E-state index < -0.39 is 0 Å². The summed E-state index contributed by atoms with van der Waals surface area (Å²) in [5, 5.41) is 3.21. The van der Waals surface area contributed by atoms with E-state index in [2.05, 4.69) is 17.4 Å². The van der Waals surface area contributed by atoms with Gasteiger partial charge in [0.25, 0.3) is 11.8 Å². The molecule has 0 unspecified atom stereocenters. The molecular weight excluding hydrogens is 364 g/mol. The first-order valence-electron chi connectivity index (χ1n) is 10.4. The third-order valence-electron chi connectivity index (χ3n) is 6.01. The molecule has 3 amide bonds. The van der Waals surface area contributed by atoms with Crippen LogP contribution in [0.25, 0.3) is 0 Å². The summed E-state index contributed by atoms with van der Waals surface area (Å²) in [7, 11) is 0. The molecule has 0 spiro atoms. The molecular formula is C24H26N2O3. The van der Waals surface area contributed by atoms with Gasteiger partial charge in [0, 0.05) is 13.0 Å². The topological polar surface area (TPSA) is 66.5 Å². The normalized spacial score (nSPS) is 17.4. The summed E-state index contributed by atoms with van der Waals surface area (Å²) in [5.74, 6) is -0.0850. The molecule has 1 aliphatic carbocycles. The third kappa shape index (κ3) is 4.09. The first-order chi connectivity index (χ1) is 14.1. The molecule has 4 rings (SSSR count). The molecule has 0 bridgehead atoms. The van der Waals surface area contributed by atoms with Gasteiger partial charge in [-0.15, -0.1) is 0 Å². The Morgan fingerprint density at radius 2 is 1.52 bits per heavy atom. The van der Waals surface area contributed by atoms with E-state index in [0.29, 0.717) is 29.9 Å². The quantitative estimate of drug-likeness (QED) is 0.724. The van der Waals surface area contributed by atoms with Crippen LogP contribution in [0.15, 0.2) is 54.6 Å². The fraction of sp³-hybridized carbons (Fsp3) is 0.375. The highest BCUT2D eigenvalue weighted by molar-refractivity contribution is 6.21. The van der Waals surface area contributed by atoms with Gasteiger partial charge in [-0.3, -0.25) is 19.3 Å². The molecule has 150 valence electrons. The van der Waals surface area contributed by atoms with E-state index in [4.69, 9.17) is 0 Å². The molecule has 1 saturated carbocycles.